The highest BCUT2D eigenvalue weighted by molar-refractivity contribution is 5.92. The van der Waals surface area contributed by atoms with Gasteiger partial charge < -0.3 is 9.84 Å². The van der Waals surface area contributed by atoms with Gasteiger partial charge in [-0.05, 0) is 25.0 Å². The van der Waals surface area contributed by atoms with Crippen molar-refractivity contribution >= 4 is 11.8 Å². The number of carbonyl (C=O) groups excluding carboxylic acids is 1. The SMILES string of the molecule is N#CN[C@H]1C[C@H](C(=O)Nc2cc(-c3cccc(C#N)c3)no2)C1. The summed E-state index contributed by atoms with van der Waals surface area (Å²) in [6, 6.07) is 10.7. The number of nitrogens with zero attached hydrogens (tertiary/aromatic N) is 3. The zero-order valence-electron chi connectivity index (χ0n) is 12.1. The Balaban J connectivity index is 1.63. The summed E-state index contributed by atoms with van der Waals surface area (Å²) in [5.41, 5.74) is 1.83. The third-order valence-corrected chi connectivity index (χ3v) is 3.82. The van der Waals surface area contributed by atoms with Gasteiger partial charge in [-0.2, -0.15) is 10.5 Å². The molecule has 1 fully saturated rings. The Labute approximate surface area is 132 Å². The van der Waals surface area contributed by atoms with Crippen LogP contribution in [-0.2, 0) is 4.79 Å². The van der Waals surface area contributed by atoms with Gasteiger partial charge in [0.1, 0.15) is 5.69 Å². The van der Waals surface area contributed by atoms with Gasteiger partial charge in [0.05, 0.1) is 11.6 Å². The summed E-state index contributed by atoms with van der Waals surface area (Å²) in [4.78, 5) is 12.0. The van der Waals surface area contributed by atoms with Crippen LogP contribution in [0.1, 0.15) is 18.4 Å². The summed E-state index contributed by atoms with van der Waals surface area (Å²) < 4.78 is 5.12. The second-order valence-corrected chi connectivity index (χ2v) is 5.38. The molecule has 0 bridgehead atoms. The topological polar surface area (TPSA) is 115 Å². The van der Waals surface area contributed by atoms with Crippen molar-refractivity contribution < 1.29 is 9.32 Å². The van der Waals surface area contributed by atoms with Crippen molar-refractivity contribution in [3.05, 3.63) is 35.9 Å². The molecule has 1 heterocycles. The number of rotatable bonds is 4. The van der Waals surface area contributed by atoms with Crippen LogP contribution in [-0.4, -0.2) is 17.1 Å². The van der Waals surface area contributed by atoms with Crippen molar-refractivity contribution in [2.24, 2.45) is 5.92 Å². The molecule has 0 saturated heterocycles. The fourth-order valence-corrected chi connectivity index (χ4v) is 2.48. The van der Waals surface area contributed by atoms with E-state index >= 15 is 0 Å². The van der Waals surface area contributed by atoms with Crippen LogP contribution in [0.4, 0.5) is 5.88 Å². The Morgan fingerprint density at radius 1 is 1.30 bits per heavy atom. The fourth-order valence-electron chi connectivity index (χ4n) is 2.48. The number of hydrogen-bond acceptors (Lipinski definition) is 6. The standard InChI is InChI=1S/C16H13N5O2/c17-8-10-2-1-3-11(4-10)14-7-15(23-21-14)20-16(22)12-5-13(6-12)19-9-18/h1-4,7,12-13,19H,5-6H2,(H,20,22)/t12-,13-. The lowest BCUT2D eigenvalue weighted by Crippen LogP contribution is -2.44. The van der Waals surface area contributed by atoms with E-state index in [1.165, 1.54) is 0 Å². The highest BCUT2D eigenvalue weighted by Crippen LogP contribution is 2.29. The summed E-state index contributed by atoms with van der Waals surface area (Å²) >= 11 is 0. The third-order valence-electron chi connectivity index (χ3n) is 3.82. The van der Waals surface area contributed by atoms with Gasteiger partial charge in [0.2, 0.25) is 11.8 Å². The molecule has 0 radical (unpaired) electrons. The van der Waals surface area contributed by atoms with Crippen molar-refractivity contribution in [2.45, 2.75) is 18.9 Å². The Morgan fingerprint density at radius 3 is 2.87 bits per heavy atom. The molecule has 1 aromatic carbocycles. The van der Waals surface area contributed by atoms with E-state index in [0.717, 1.165) is 5.56 Å². The first-order chi connectivity index (χ1) is 11.2. The third kappa shape index (κ3) is 3.14. The molecule has 0 atom stereocenters. The first-order valence-electron chi connectivity index (χ1n) is 7.12. The molecule has 7 heteroatoms. The van der Waals surface area contributed by atoms with Crippen molar-refractivity contribution in [3.63, 3.8) is 0 Å². The average molecular weight is 307 g/mol. The van der Waals surface area contributed by atoms with Gasteiger partial charge in [0.25, 0.3) is 0 Å². The van der Waals surface area contributed by atoms with Gasteiger partial charge in [-0.3, -0.25) is 10.1 Å². The molecule has 7 nitrogen and oxygen atoms in total. The number of anilines is 1. The molecule has 1 saturated carbocycles. The predicted molar refractivity (Wildman–Crippen MR) is 80.5 cm³/mol. The number of carbonyl (C=O) groups is 1. The van der Waals surface area contributed by atoms with Crippen LogP contribution in [0.25, 0.3) is 11.3 Å². The van der Waals surface area contributed by atoms with Crippen molar-refractivity contribution in [1.29, 1.82) is 10.5 Å². The molecule has 1 amide bonds. The number of benzene rings is 1. The van der Waals surface area contributed by atoms with Gasteiger partial charge in [-0.15, -0.1) is 0 Å². The highest BCUT2D eigenvalue weighted by atomic mass is 16.5. The van der Waals surface area contributed by atoms with E-state index < -0.39 is 0 Å². The fraction of sp³-hybridized carbons (Fsp3) is 0.250. The van der Waals surface area contributed by atoms with Gasteiger partial charge in [0.15, 0.2) is 6.19 Å². The smallest absolute Gasteiger partial charge is 0.231 e. The predicted octanol–water partition coefficient (Wildman–Crippen LogP) is 2.00. The molecule has 0 spiro atoms. The maximum atomic E-state index is 12.0. The van der Waals surface area contributed by atoms with E-state index in [1.54, 1.807) is 24.3 Å². The maximum absolute atomic E-state index is 12.0. The normalized spacial score (nSPS) is 19.0. The van der Waals surface area contributed by atoms with Gasteiger partial charge >= 0.3 is 0 Å². The van der Waals surface area contributed by atoms with Crippen LogP contribution in [0.3, 0.4) is 0 Å². The first kappa shape index (κ1) is 14.6. The first-order valence-corrected chi connectivity index (χ1v) is 7.12. The van der Waals surface area contributed by atoms with E-state index in [0.29, 0.717) is 24.1 Å². The number of amides is 1. The second kappa shape index (κ2) is 6.20. The highest BCUT2D eigenvalue weighted by Gasteiger charge is 2.34. The Bertz CT molecular complexity index is 808. The largest absolute Gasteiger partial charge is 0.338 e. The molecule has 3 rings (SSSR count). The minimum absolute atomic E-state index is 0.0785. The Morgan fingerprint density at radius 2 is 2.13 bits per heavy atom. The summed E-state index contributed by atoms with van der Waals surface area (Å²) in [7, 11) is 0. The molecule has 0 unspecified atom stereocenters. The maximum Gasteiger partial charge on any atom is 0.231 e. The molecule has 1 aliphatic carbocycles. The number of nitriles is 2. The van der Waals surface area contributed by atoms with Crippen molar-refractivity contribution in [3.8, 4) is 23.5 Å². The lowest BCUT2D eigenvalue weighted by Gasteiger charge is -2.32. The number of aromatic nitrogens is 1. The molecule has 1 aromatic heterocycles. The summed E-state index contributed by atoms with van der Waals surface area (Å²) in [6.07, 6.45) is 3.14. The molecule has 2 N–H and O–H groups in total. The molecule has 114 valence electrons. The van der Waals surface area contributed by atoms with E-state index in [-0.39, 0.29) is 23.8 Å². The van der Waals surface area contributed by atoms with E-state index in [2.05, 4.69) is 21.9 Å². The summed E-state index contributed by atoms with van der Waals surface area (Å²) in [5.74, 6) is -0.00478. The van der Waals surface area contributed by atoms with Crippen molar-refractivity contribution in [1.82, 2.24) is 10.5 Å². The molecule has 23 heavy (non-hydrogen) atoms. The van der Waals surface area contributed by atoms with Crippen LogP contribution in [0.15, 0.2) is 34.9 Å². The van der Waals surface area contributed by atoms with Crippen LogP contribution in [0.5, 0.6) is 0 Å². The monoisotopic (exact) mass is 307 g/mol. The van der Waals surface area contributed by atoms with Crippen LogP contribution in [0.2, 0.25) is 0 Å². The minimum atomic E-state index is -0.144. The molecule has 2 aromatic rings. The molecule has 0 aliphatic heterocycles. The zero-order valence-corrected chi connectivity index (χ0v) is 12.1. The lowest BCUT2D eigenvalue weighted by molar-refractivity contribution is -0.122. The molecular weight excluding hydrogens is 294 g/mol. The van der Waals surface area contributed by atoms with Crippen LogP contribution < -0.4 is 10.6 Å². The van der Waals surface area contributed by atoms with Crippen LogP contribution in [0, 0.1) is 28.7 Å². The zero-order chi connectivity index (χ0) is 16.2. The number of hydrogen-bond donors (Lipinski definition) is 2. The minimum Gasteiger partial charge on any atom is -0.338 e. The van der Waals surface area contributed by atoms with Gasteiger partial charge in [-0.1, -0.05) is 17.3 Å². The number of nitrogens with one attached hydrogen (secondary N) is 2. The van der Waals surface area contributed by atoms with Crippen molar-refractivity contribution in [2.75, 3.05) is 5.32 Å². The second-order valence-electron chi connectivity index (χ2n) is 5.38. The van der Waals surface area contributed by atoms with E-state index in [1.807, 2.05) is 12.3 Å². The summed E-state index contributed by atoms with van der Waals surface area (Å²) in [5, 5.41) is 26.6. The van der Waals surface area contributed by atoms with E-state index in [4.69, 9.17) is 15.0 Å². The molecular formula is C16H13N5O2. The van der Waals surface area contributed by atoms with Gasteiger partial charge in [0, 0.05) is 23.6 Å². The Kier molecular flexibility index (Phi) is 3.94. The Hall–Kier alpha value is -3.32. The molecule has 1 aliphatic rings. The quantitative estimate of drug-likeness (QED) is 0.659. The van der Waals surface area contributed by atoms with Gasteiger partial charge in [-0.25, -0.2) is 0 Å². The van der Waals surface area contributed by atoms with Crippen LogP contribution >= 0.6 is 0 Å². The average Bonchev–Trinajstić information content (AvgIpc) is 2.99. The lowest BCUT2D eigenvalue weighted by atomic mass is 9.80. The van der Waals surface area contributed by atoms with E-state index in [9.17, 15) is 4.79 Å². The summed E-state index contributed by atoms with van der Waals surface area (Å²) in [6.45, 7) is 0.